The van der Waals surface area contributed by atoms with Crippen LogP contribution < -0.4 is 5.32 Å². The molecule has 112 valence electrons. The van der Waals surface area contributed by atoms with Gasteiger partial charge < -0.3 is 10.2 Å². The number of likely N-dealkylation sites (N-methyl/N-ethyl adjacent to an activating group) is 2. The summed E-state index contributed by atoms with van der Waals surface area (Å²) in [5.41, 5.74) is 4.29. The van der Waals surface area contributed by atoms with Crippen LogP contribution in [0.1, 0.15) is 23.6 Å². The molecule has 1 fully saturated rings. The molecular formula is C17H28N2S. The van der Waals surface area contributed by atoms with Crippen LogP contribution >= 0.6 is 11.8 Å². The first-order chi connectivity index (χ1) is 9.61. The lowest BCUT2D eigenvalue weighted by Crippen LogP contribution is -2.53. The largest absolute Gasteiger partial charge is 0.312 e. The predicted molar refractivity (Wildman–Crippen MR) is 90.8 cm³/mol. The minimum Gasteiger partial charge on any atom is -0.312 e. The Morgan fingerprint density at radius 3 is 2.90 bits per heavy atom. The summed E-state index contributed by atoms with van der Waals surface area (Å²) < 4.78 is 0. The van der Waals surface area contributed by atoms with Gasteiger partial charge in [0.1, 0.15) is 0 Å². The van der Waals surface area contributed by atoms with E-state index in [-0.39, 0.29) is 0 Å². The van der Waals surface area contributed by atoms with Gasteiger partial charge >= 0.3 is 0 Å². The van der Waals surface area contributed by atoms with Crippen molar-refractivity contribution in [3.8, 4) is 0 Å². The van der Waals surface area contributed by atoms with E-state index in [1.165, 1.54) is 34.7 Å². The summed E-state index contributed by atoms with van der Waals surface area (Å²) in [6, 6.07) is 8.03. The molecule has 2 rings (SSSR count). The van der Waals surface area contributed by atoms with Crippen LogP contribution in [0.5, 0.6) is 0 Å². The Balaban J connectivity index is 2.13. The van der Waals surface area contributed by atoms with E-state index < -0.39 is 0 Å². The van der Waals surface area contributed by atoms with Crippen molar-refractivity contribution in [1.29, 1.82) is 0 Å². The van der Waals surface area contributed by atoms with Gasteiger partial charge in [0.25, 0.3) is 0 Å². The molecule has 1 aromatic carbocycles. The van der Waals surface area contributed by atoms with Crippen LogP contribution in [0, 0.1) is 13.8 Å². The summed E-state index contributed by atoms with van der Waals surface area (Å²) in [5.74, 6) is 2.52. The smallest absolute Gasteiger partial charge is 0.0340 e. The Labute approximate surface area is 128 Å². The van der Waals surface area contributed by atoms with Gasteiger partial charge in [-0.3, -0.25) is 0 Å². The topological polar surface area (TPSA) is 15.3 Å². The van der Waals surface area contributed by atoms with Gasteiger partial charge in [0.2, 0.25) is 0 Å². The van der Waals surface area contributed by atoms with E-state index in [4.69, 9.17) is 0 Å². The molecule has 1 aromatic rings. The van der Waals surface area contributed by atoms with Crippen molar-refractivity contribution < 1.29 is 0 Å². The SMILES string of the molecule is CCNC(Cc1cc(C)ccc1C)C1CSCCN1C. The molecule has 0 saturated carbocycles. The van der Waals surface area contributed by atoms with Gasteiger partial charge in [-0.05, 0) is 45.0 Å². The van der Waals surface area contributed by atoms with Crippen LogP contribution in [-0.2, 0) is 6.42 Å². The van der Waals surface area contributed by atoms with Gasteiger partial charge in [-0.25, -0.2) is 0 Å². The number of benzene rings is 1. The van der Waals surface area contributed by atoms with Gasteiger partial charge in [-0.15, -0.1) is 0 Å². The molecule has 2 nitrogen and oxygen atoms in total. The standard InChI is InChI=1S/C17H28N2S/c1-5-18-16(17-12-20-9-8-19(17)4)11-15-10-13(2)6-7-14(15)3/h6-7,10,16-18H,5,8-9,11-12H2,1-4H3. The number of thioether (sulfide) groups is 1. The Morgan fingerprint density at radius 2 is 2.20 bits per heavy atom. The maximum atomic E-state index is 3.72. The van der Waals surface area contributed by atoms with E-state index in [2.05, 4.69) is 68.0 Å². The van der Waals surface area contributed by atoms with Crippen LogP contribution in [0.4, 0.5) is 0 Å². The third-order valence-electron chi connectivity index (χ3n) is 4.32. The summed E-state index contributed by atoms with van der Waals surface area (Å²) in [5, 5.41) is 3.72. The van der Waals surface area contributed by atoms with Crippen molar-refractivity contribution in [2.45, 2.75) is 39.3 Å². The molecule has 0 radical (unpaired) electrons. The molecule has 0 aromatic heterocycles. The highest BCUT2D eigenvalue weighted by Crippen LogP contribution is 2.21. The Bertz CT molecular complexity index is 433. The zero-order valence-electron chi connectivity index (χ0n) is 13.3. The molecule has 1 saturated heterocycles. The quantitative estimate of drug-likeness (QED) is 0.898. The molecule has 1 aliphatic rings. The fraction of sp³-hybridized carbons (Fsp3) is 0.647. The van der Waals surface area contributed by atoms with Gasteiger partial charge in [-0.1, -0.05) is 30.7 Å². The zero-order chi connectivity index (χ0) is 14.5. The Hall–Kier alpha value is -0.510. The van der Waals surface area contributed by atoms with Crippen molar-refractivity contribution in [2.75, 3.05) is 31.6 Å². The molecular weight excluding hydrogens is 264 g/mol. The average Bonchev–Trinajstić information content (AvgIpc) is 2.43. The molecule has 2 atom stereocenters. The molecule has 1 N–H and O–H groups in total. The van der Waals surface area contributed by atoms with Gasteiger partial charge in [0.15, 0.2) is 0 Å². The molecule has 0 bridgehead atoms. The van der Waals surface area contributed by atoms with Gasteiger partial charge in [0, 0.05) is 30.1 Å². The van der Waals surface area contributed by atoms with Crippen LogP contribution in [0.25, 0.3) is 0 Å². The van der Waals surface area contributed by atoms with E-state index in [0.717, 1.165) is 13.0 Å². The van der Waals surface area contributed by atoms with E-state index in [1.54, 1.807) is 0 Å². The molecule has 0 amide bonds. The van der Waals surface area contributed by atoms with E-state index in [9.17, 15) is 0 Å². The molecule has 3 heteroatoms. The summed E-state index contributed by atoms with van der Waals surface area (Å²) in [4.78, 5) is 2.54. The van der Waals surface area contributed by atoms with Crippen molar-refractivity contribution in [3.05, 3.63) is 34.9 Å². The third kappa shape index (κ3) is 4.00. The first kappa shape index (κ1) is 15.9. The fourth-order valence-electron chi connectivity index (χ4n) is 2.99. The van der Waals surface area contributed by atoms with Crippen LogP contribution in [-0.4, -0.2) is 48.6 Å². The molecule has 0 aliphatic carbocycles. The second-order valence-corrected chi connectivity index (χ2v) is 7.07. The second kappa shape index (κ2) is 7.48. The molecule has 1 heterocycles. The van der Waals surface area contributed by atoms with Crippen LogP contribution in [0.2, 0.25) is 0 Å². The second-order valence-electron chi connectivity index (χ2n) is 5.92. The van der Waals surface area contributed by atoms with E-state index >= 15 is 0 Å². The minimum absolute atomic E-state index is 0.554. The molecule has 20 heavy (non-hydrogen) atoms. The predicted octanol–water partition coefficient (Wildman–Crippen LogP) is 2.87. The summed E-state index contributed by atoms with van der Waals surface area (Å²) in [6.45, 7) is 8.89. The average molecular weight is 292 g/mol. The fourth-order valence-corrected chi connectivity index (χ4v) is 4.30. The highest BCUT2D eigenvalue weighted by Gasteiger charge is 2.27. The highest BCUT2D eigenvalue weighted by atomic mass is 32.2. The minimum atomic E-state index is 0.554. The number of rotatable bonds is 5. The third-order valence-corrected chi connectivity index (χ3v) is 5.37. The first-order valence-electron chi connectivity index (χ1n) is 7.69. The van der Waals surface area contributed by atoms with Crippen molar-refractivity contribution in [3.63, 3.8) is 0 Å². The van der Waals surface area contributed by atoms with Crippen molar-refractivity contribution in [1.82, 2.24) is 10.2 Å². The van der Waals surface area contributed by atoms with Gasteiger partial charge in [-0.2, -0.15) is 11.8 Å². The number of nitrogens with one attached hydrogen (secondary N) is 1. The van der Waals surface area contributed by atoms with Gasteiger partial charge in [0.05, 0.1) is 0 Å². The highest BCUT2D eigenvalue weighted by molar-refractivity contribution is 7.99. The summed E-state index contributed by atoms with van der Waals surface area (Å²) >= 11 is 2.10. The monoisotopic (exact) mass is 292 g/mol. The Kier molecular flexibility index (Phi) is 5.94. The van der Waals surface area contributed by atoms with E-state index in [0.29, 0.717) is 12.1 Å². The lowest BCUT2D eigenvalue weighted by atomic mass is 9.95. The van der Waals surface area contributed by atoms with Crippen LogP contribution in [0.15, 0.2) is 18.2 Å². The normalized spacial score (nSPS) is 21.9. The maximum Gasteiger partial charge on any atom is 0.0340 e. The van der Waals surface area contributed by atoms with Crippen molar-refractivity contribution in [2.24, 2.45) is 0 Å². The Morgan fingerprint density at radius 1 is 1.40 bits per heavy atom. The lowest BCUT2D eigenvalue weighted by molar-refractivity contribution is 0.215. The lowest BCUT2D eigenvalue weighted by Gasteiger charge is -2.38. The number of nitrogens with zero attached hydrogens (tertiary/aromatic N) is 1. The number of aryl methyl sites for hydroxylation is 2. The molecule has 0 spiro atoms. The zero-order valence-corrected chi connectivity index (χ0v) is 14.1. The summed E-state index contributed by atoms with van der Waals surface area (Å²) in [7, 11) is 2.28. The first-order valence-corrected chi connectivity index (χ1v) is 8.84. The number of hydrogen-bond acceptors (Lipinski definition) is 3. The van der Waals surface area contributed by atoms with Crippen LogP contribution in [0.3, 0.4) is 0 Å². The molecule has 2 unspecified atom stereocenters. The maximum absolute atomic E-state index is 3.72. The van der Waals surface area contributed by atoms with E-state index in [1.807, 2.05) is 0 Å². The summed E-state index contributed by atoms with van der Waals surface area (Å²) in [6.07, 6.45) is 1.14. The number of hydrogen-bond donors (Lipinski definition) is 1. The molecule has 1 aliphatic heterocycles. The van der Waals surface area contributed by atoms with Crippen molar-refractivity contribution >= 4 is 11.8 Å².